The summed E-state index contributed by atoms with van der Waals surface area (Å²) in [6.45, 7) is 2.01. The number of aryl methyl sites for hydroxylation is 1. The molecule has 0 aromatic heterocycles. The number of nitrogens with zero attached hydrogens (tertiary/aromatic N) is 1. The molecular weight excluding hydrogens is 404 g/mol. The highest BCUT2D eigenvalue weighted by molar-refractivity contribution is 6.07. The van der Waals surface area contributed by atoms with Crippen LogP contribution in [0.3, 0.4) is 0 Å². The summed E-state index contributed by atoms with van der Waals surface area (Å²) in [6.07, 6.45) is 2.50. The molecule has 1 atom stereocenters. The number of oxime groups is 1. The number of hydrogen-bond donors (Lipinski definition) is 6. The highest BCUT2D eigenvalue weighted by Gasteiger charge is 2.46. The Balaban J connectivity index is 1.71. The zero-order valence-electron chi connectivity index (χ0n) is 16.6. The largest absolute Gasteiger partial charge is 0.460 e. The number of nitrogens with one attached hydrogen (secondary N) is 3. The number of rotatable bonds is 6. The molecule has 1 aliphatic heterocycles. The van der Waals surface area contributed by atoms with E-state index in [1.807, 2.05) is 12.4 Å². The van der Waals surface area contributed by atoms with Gasteiger partial charge < -0.3 is 20.5 Å². The van der Waals surface area contributed by atoms with Gasteiger partial charge in [-0.1, -0.05) is 41.1 Å². The molecule has 0 fully saturated rings. The maximum atomic E-state index is 12.9. The molecule has 0 saturated heterocycles. The van der Waals surface area contributed by atoms with Crippen LogP contribution in [0.15, 0.2) is 53.7 Å². The first-order valence-electron chi connectivity index (χ1n) is 9.32. The van der Waals surface area contributed by atoms with Crippen molar-refractivity contribution in [2.45, 2.75) is 25.6 Å². The van der Waals surface area contributed by atoms with Crippen molar-refractivity contribution in [1.29, 1.82) is 0 Å². The highest BCUT2D eigenvalue weighted by atomic mass is 16.6. The maximum Gasteiger partial charge on any atom is 0.282 e. The zero-order valence-corrected chi connectivity index (χ0v) is 16.6. The molecule has 3 rings (SSSR count). The number of fused-ring (bicyclic) bond motifs is 1. The van der Waals surface area contributed by atoms with Crippen molar-refractivity contribution in [2.24, 2.45) is 5.16 Å². The van der Waals surface area contributed by atoms with Gasteiger partial charge in [0.2, 0.25) is 0 Å². The molecule has 0 radical (unpaired) electrons. The van der Waals surface area contributed by atoms with Crippen LogP contribution in [0.25, 0.3) is 6.08 Å². The van der Waals surface area contributed by atoms with Gasteiger partial charge in [-0.25, -0.2) is 5.48 Å². The number of carbonyl (C=O) groups excluding carboxylic acids is 2. The van der Waals surface area contributed by atoms with Gasteiger partial charge in [0, 0.05) is 18.2 Å². The van der Waals surface area contributed by atoms with Gasteiger partial charge in [-0.05, 0) is 36.3 Å². The summed E-state index contributed by atoms with van der Waals surface area (Å²) in [5, 5.41) is 33.6. The predicted octanol–water partition coefficient (Wildman–Crippen LogP) is 1.47. The Hall–Kier alpha value is -3.73. The van der Waals surface area contributed by atoms with Crippen LogP contribution in [-0.2, 0) is 16.1 Å². The van der Waals surface area contributed by atoms with Crippen LogP contribution in [0.5, 0.6) is 5.75 Å². The minimum Gasteiger partial charge on any atom is -0.460 e. The van der Waals surface area contributed by atoms with Gasteiger partial charge in [0.15, 0.2) is 0 Å². The maximum absolute atomic E-state index is 12.9. The summed E-state index contributed by atoms with van der Waals surface area (Å²) in [5.41, 5.74) is 4.71. The standard InChI is InChI=1S/C21H22N4O6/c1-13-2-8-18-16(10-13)17(23-28)11-21(25-30,31-18)20(27)22-12-15-5-3-14(4-6-15)7-9-19(26)24-29/h2-10,25,28-30H,11-12H2,1H3,(H,22,27)(H,24,26)/b9-7+,23-17-. The summed E-state index contributed by atoms with van der Waals surface area (Å²) in [5.74, 6) is -0.997. The highest BCUT2D eigenvalue weighted by Crippen LogP contribution is 2.33. The van der Waals surface area contributed by atoms with E-state index >= 15 is 0 Å². The lowest BCUT2D eigenvalue weighted by Crippen LogP contribution is -2.62. The minimum atomic E-state index is -1.86. The Kier molecular flexibility index (Phi) is 6.65. The summed E-state index contributed by atoms with van der Waals surface area (Å²) in [6, 6.07) is 12.1. The van der Waals surface area contributed by atoms with E-state index in [1.54, 1.807) is 42.5 Å². The topological polar surface area (TPSA) is 153 Å². The molecular formula is C21H22N4O6. The fraction of sp³-hybridized carbons (Fsp3) is 0.190. The third kappa shape index (κ3) is 4.89. The van der Waals surface area contributed by atoms with E-state index in [2.05, 4.69) is 10.5 Å². The Labute approximate surface area is 177 Å². The number of ether oxygens (including phenoxy) is 1. The first kappa shape index (κ1) is 22.0. The van der Waals surface area contributed by atoms with E-state index < -0.39 is 17.5 Å². The van der Waals surface area contributed by atoms with Crippen LogP contribution >= 0.6 is 0 Å². The Morgan fingerprint density at radius 3 is 2.58 bits per heavy atom. The van der Waals surface area contributed by atoms with Gasteiger partial charge in [0.05, 0.1) is 12.1 Å². The van der Waals surface area contributed by atoms with Crippen LogP contribution in [0.4, 0.5) is 0 Å². The van der Waals surface area contributed by atoms with Gasteiger partial charge in [-0.15, -0.1) is 0 Å². The third-order valence-electron chi connectivity index (χ3n) is 4.78. The number of carbonyl (C=O) groups is 2. The van der Waals surface area contributed by atoms with Gasteiger partial charge in [0.1, 0.15) is 5.75 Å². The smallest absolute Gasteiger partial charge is 0.282 e. The van der Waals surface area contributed by atoms with Crippen molar-refractivity contribution in [3.63, 3.8) is 0 Å². The van der Waals surface area contributed by atoms with Crippen molar-refractivity contribution < 1.29 is 29.9 Å². The summed E-state index contributed by atoms with van der Waals surface area (Å²) >= 11 is 0. The molecule has 31 heavy (non-hydrogen) atoms. The fourth-order valence-electron chi connectivity index (χ4n) is 3.12. The lowest BCUT2D eigenvalue weighted by atomic mass is 9.94. The molecule has 6 N–H and O–H groups in total. The Morgan fingerprint density at radius 1 is 1.19 bits per heavy atom. The molecule has 0 saturated carbocycles. The molecule has 1 unspecified atom stereocenters. The van der Waals surface area contributed by atoms with Gasteiger partial charge in [-0.2, -0.15) is 5.48 Å². The van der Waals surface area contributed by atoms with Crippen molar-refractivity contribution in [1.82, 2.24) is 16.3 Å². The predicted molar refractivity (Wildman–Crippen MR) is 110 cm³/mol. The summed E-state index contributed by atoms with van der Waals surface area (Å²) < 4.78 is 5.76. The Morgan fingerprint density at radius 2 is 1.94 bits per heavy atom. The number of hydrogen-bond acceptors (Lipinski definition) is 8. The van der Waals surface area contributed by atoms with Crippen LogP contribution in [0.1, 0.15) is 28.7 Å². The lowest BCUT2D eigenvalue weighted by molar-refractivity contribution is -0.152. The van der Waals surface area contributed by atoms with E-state index in [4.69, 9.17) is 9.94 Å². The third-order valence-corrected chi connectivity index (χ3v) is 4.78. The molecule has 2 amide bonds. The first-order chi connectivity index (χ1) is 14.9. The van der Waals surface area contributed by atoms with Crippen molar-refractivity contribution in [3.05, 3.63) is 70.8 Å². The van der Waals surface area contributed by atoms with Crippen molar-refractivity contribution in [2.75, 3.05) is 0 Å². The summed E-state index contributed by atoms with van der Waals surface area (Å²) in [7, 11) is 0. The van der Waals surface area contributed by atoms with Crippen LogP contribution in [-0.4, -0.2) is 38.9 Å². The zero-order chi connectivity index (χ0) is 22.4. The molecule has 2 aromatic carbocycles. The van der Waals surface area contributed by atoms with Gasteiger partial charge in [0.25, 0.3) is 17.5 Å². The van der Waals surface area contributed by atoms with Gasteiger partial charge in [-0.3, -0.25) is 14.8 Å². The van der Waals surface area contributed by atoms with E-state index in [9.17, 15) is 20.0 Å². The average Bonchev–Trinajstić information content (AvgIpc) is 2.80. The lowest BCUT2D eigenvalue weighted by Gasteiger charge is -2.36. The molecule has 1 heterocycles. The number of amides is 2. The molecule has 0 aliphatic carbocycles. The molecule has 162 valence electrons. The summed E-state index contributed by atoms with van der Waals surface area (Å²) in [4.78, 5) is 23.9. The van der Waals surface area contributed by atoms with E-state index in [-0.39, 0.29) is 18.7 Å². The van der Waals surface area contributed by atoms with Crippen molar-refractivity contribution in [3.8, 4) is 5.75 Å². The second-order valence-electron chi connectivity index (χ2n) is 7.00. The van der Waals surface area contributed by atoms with E-state index in [1.165, 1.54) is 17.6 Å². The normalized spacial score (nSPS) is 19.0. The Bertz CT molecular complexity index is 1030. The molecule has 1 aliphatic rings. The van der Waals surface area contributed by atoms with Crippen LogP contribution in [0.2, 0.25) is 0 Å². The van der Waals surface area contributed by atoms with E-state index in [0.717, 1.165) is 16.7 Å². The monoisotopic (exact) mass is 426 g/mol. The second kappa shape index (κ2) is 9.39. The minimum absolute atomic E-state index is 0.138. The van der Waals surface area contributed by atoms with E-state index in [0.29, 0.717) is 11.3 Å². The number of hydroxylamine groups is 2. The quantitative estimate of drug-likeness (QED) is 0.177. The van der Waals surface area contributed by atoms with Crippen molar-refractivity contribution >= 4 is 23.6 Å². The average molecular weight is 426 g/mol. The second-order valence-corrected chi connectivity index (χ2v) is 7.00. The molecule has 10 heteroatoms. The molecule has 0 spiro atoms. The SMILES string of the molecule is Cc1ccc2c(c1)/C(=N\O)CC(NO)(C(=O)NCc1ccc(/C=C/C(=O)NO)cc1)O2. The van der Waals surface area contributed by atoms with Crippen LogP contribution in [0, 0.1) is 6.92 Å². The molecule has 10 nitrogen and oxygen atoms in total. The molecule has 0 bridgehead atoms. The fourth-order valence-corrected chi connectivity index (χ4v) is 3.12. The first-order valence-corrected chi connectivity index (χ1v) is 9.32. The number of benzene rings is 2. The molecule has 2 aromatic rings. The van der Waals surface area contributed by atoms with Crippen LogP contribution < -0.4 is 21.0 Å². The van der Waals surface area contributed by atoms with Gasteiger partial charge >= 0.3 is 0 Å².